The van der Waals surface area contributed by atoms with E-state index in [0.717, 1.165) is 0 Å². The van der Waals surface area contributed by atoms with E-state index in [1.165, 1.54) is 0 Å². The minimum absolute atomic E-state index is 1.40. The Morgan fingerprint density at radius 3 is 2.15 bits per heavy atom. The lowest BCUT2D eigenvalue weighted by Crippen LogP contribution is -2.28. The molecule has 0 aliphatic carbocycles. The van der Waals surface area contributed by atoms with Crippen LogP contribution in [-0.2, 0) is 18.9 Å². The molecule has 0 fully saturated rings. The molecule has 0 radical (unpaired) electrons. The van der Waals surface area contributed by atoms with Gasteiger partial charge in [-0.05, 0) is 0 Å². The lowest BCUT2D eigenvalue weighted by molar-refractivity contribution is -0.670. The molecule has 0 bridgehead atoms. The molecule has 0 saturated carbocycles. The molecule has 0 aliphatic rings. The van der Waals surface area contributed by atoms with Crippen molar-refractivity contribution in [1.29, 1.82) is 0 Å². The number of rotatable bonds is 1. The molecule has 1 rings (SSSR count). The van der Waals surface area contributed by atoms with Crippen LogP contribution in [0.1, 0.15) is 0 Å². The molecule has 1 heterocycles. The number of nitrogens with zero attached hydrogens (tertiary/aromatic N) is 2. The van der Waals surface area contributed by atoms with Crippen LogP contribution in [0.3, 0.4) is 0 Å². The highest BCUT2D eigenvalue weighted by Gasteiger charge is 1.93. The van der Waals surface area contributed by atoms with Crippen LogP contribution in [0.25, 0.3) is 0 Å². The van der Waals surface area contributed by atoms with Gasteiger partial charge < -0.3 is 9.90 Å². The minimum atomic E-state index is -1.46. The number of aromatic nitrogens is 2. The number of alkyl halides is 2. The number of hydrogen-bond acceptors (Lipinski definition) is 2. The van der Waals surface area contributed by atoms with Gasteiger partial charge in [0.1, 0.15) is 17.2 Å². The van der Waals surface area contributed by atoms with Crippen molar-refractivity contribution in [2.75, 3.05) is 0 Å². The van der Waals surface area contributed by atoms with Gasteiger partial charge in [-0.3, -0.25) is 0 Å². The quantitative estimate of drug-likeness (QED) is 0.473. The van der Waals surface area contributed by atoms with Crippen LogP contribution in [0.15, 0.2) is 18.7 Å². The normalized spacial score (nSPS) is 9.31. The second kappa shape index (κ2) is 5.83. The summed E-state index contributed by atoms with van der Waals surface area (Å²) in [6.45, 7) is 0. The van der Waals surface area contributed by atoms with E-state index >= 15 is 0 Å². The van der Waals surface area contributed by atoms with Crippen molar-refractivity contribution < 1.29 is 14.5 Å². The van der Waals surface area contributed by atoms with Gasteiger partial charge in [0.05, 0.1) is 20.1 Å². The summed E-state index contributed by atoms with van der Waals surface area (Å²) in [6, 6.07) is 0. The van der Waals surface area contributed by atoms with Crippen LogP contribution in [0.4, 0.5) is 0 Å². The van der Waals surface area contributed by atoms with Gasteiger partial charge in [0.25, 0.3) is 0 Å². The molecule has 0 saturated heterocycles. The van der Waals surface area contributed by atoms with E-state index in [0.29, 0.717) is 0 Å². The van der Waals surface area contributed by atoms with Crippen LogP contribution in [0.5, 0.6) is 0 Å². The number of carboxylic acids is 1. The first-order valence-corrected chi connectivity index (χ1v) is 4.27. The molecule has 74 valence electrons. The first-order chi connectivity index (χ1) is 5.93. The molecule has 1 aromatic heterocycles. The predicted molar refractivity (Wildman–Crippen MR) is 47.1 cm³/mol. The Morgan fingerprint density at radius 2 is 2.08 bits per heavy atom. The number of carbonyl (C=O) groups excluding carboxylic acids is 1. The number of halogens is 2. The van der Waals surface area contributed by atoms with Gasteiger partial charge in [-0.1, -0.05) is 23.2 Å². The highest BCUT2D eigenvalue weighted by molar-refractivity contribution is 6.52. The Labute approximate surface area is 86.3 Å². The summed E-state index contributed by atoms with van der Waals surface area (Å²) in [5.41, 5.74) is 0. The smallest absolute Gasteiger partial charge is 0.243 e. The zero-order valence-corrected chi connectivity index (χ0v) is 8.79. The van der Waals surface area contributed by atoms with E-state index in [2.05, 4.69) is 0 Å². The molecule has 0 unspecified atom stereocenters. The minimum Gasteiger partial charge on any atom is -0.547 e. The zero-order valence-electron chi connectivity index (χ0n) is 7.28. The summed E-state index contributed by atoms with van der Waals surface area (Å²) in [4.78, 5) is 7.93. The molecular weight excluding hydrogens is 215 g/mol. The maximum Gasteiger partial charge on any atom is 0.243 e. The molecule has 13 heavy (non-hydrogen) atoms. The predicted octanol–water partition coefficient (Wildman–Crippen LogP) is -0.610. The molecule has 6 heteroatoms. The third-order valence-corrected chi connectivity index (χ3v) is 1.44. The number of carbonyl (C=O) groups is 1. The largest absolute Gasteiger partial charge is 0.547 e. The molecule has 0 N–H and O–H groups in total. The van der Waals surface area contributed by atoms with Gasteiger partial charge in [-0.15, -0.1) is 0 Å². The average molecular weight is 225 g/mol. The monoisotopic (exact) mass is 224 g/mol. The van der Waals surface area contributed by atoms with Crippen molar-refractivity contribution in [2.24, 2.45) is 14.1 Å². The van der Waals surface area contributed by atoms with Gasteiger partial charge in [0.2, 0.25) is 6.33 Å². The fraction of sp³-hybridized carbons (Fsp3) is 0.429. The Morgan fingerprint density at radius 1 is 1.62 bits per heavy atom. The molecular formula is C7H10Cl2N2O2. The fourth-order valence-corrected chi connectivity index (χ4v) is 0.575. The summed E-state index contributed by atoms with van der Waals surface area (Å²) in [7, 11) is 4.00. The number of carboxylic acid groups (broad SMARTS) is 1. The molecule has 4 nitrogen and oxygen atoms in total. The zero-order chi connectivity index (χ0) is 10.4. The standard InChI is InChI=1S/C5H9N2.C2H2Cl2O2/c1-6-3-4-7(2)5-6;3-1(4)2(5)6/h3-5H,1-2H3;1H,(H,5,6)/q+1;/p-1. The third-order valence-electron chi connectivity index (χ3n) is 1.08. The highest BCUT2D eigenvalue weighted by atomic mass is 35.5. The lowest BCUT2D eigenvalue weighted by atomic mass is 10.8. The molecule has 0 atom stereocenters. The van der Waals surface area contributed by atoms with E-state index in [-0.39, 0.29) is 0 Å². The Hall–Kier alpha value is -0.740. The maximum atomic E-state index is 9.32. The highest BCUT2D eigenvalue weighted by Crippen LogP contribution is 1.96. The first kappa shape index (κ1) is 12.3. The van der Waals surface area contributed by atoms with Crippen molar-refractivity contribution >= 4 is 29.2 Å². The maximum absolute atomic E-state index is 9.32. The molecule has 0 aliphatic heterocycles. The summed E-state index contributed by atoms with van der Waals surface area (Å²) in [5.74, 6) is -1.46. The lowest BCUT2D eigenvalue weighted by Gasteiger charge is -1.96. The summed E-state index contributed by atoms with van der Waals surface area (Å²) < 4.78 is 4.00. The van der Waals surface area contributed by atoms with Crippen molar-refractivity contribution in [3.8, 4) is 0 Å². The van der Waals surface area contributed by atoms with E-state index < -0.39 is 10.8 Å². The average Bonchev–Trinajstić information content (AvgIpc) is 2.35. The van der Waals surface area contributed by atoms with E-state index in [1.807, 2.05) is 42.0 Å². The van der Waals surface area contributed by atoms with Crippen LogP contribution >= 0.6 is 23.2 Å². The van der Waals surface area contributed by atoms with Crippen LogP contribution in [-0.4, -0.2) is 15.4 Å². The number of aliphatic carboxylic acids is 1. The van der Waals surface area contributed by atoms with Crippen molar-refractivity contribution in [1.82, 2.24) is 4.57 Å². The van der Waals surface area contributed by atoms with Crippen molar-refractivity contribution in [3.63, 3.8) is 0 Å². The Bertz CT molecular complexity index is 257. The van der Waals surface area contributed by atoms with Crippen LogP contribution < -0.4 is 9.67 Å². The summed E-state index contributed by atoms with van der Waals surface area (Å²) in [5, 5.41) is 9.32. The van der Waals surface area contributed by atoms with Crippen molar-refractivity contribution in [3.05, 3.63) is 18.7 Å². The summed E-state index contributed by atoms with van der Waals surface area (Å²) in [6.07, 6.45) is 6.00. The molecule has 0 aromatic carbocycles. The third kappa shape index (κ3) is 6.42. The number of hydrogen-bond donors (Lipinski definition) is 0. The Kier molecular flexibility index (Phi) is 5.50. The molecule has 0 spiro atoms. The summed E-state index contributed by atoms with van der Waals surface area (Å²) >= 11 is 9.43. The van der Waals surface area contributed by atoms with Gasteiger partial charge in [-0.25, -0.2) is 9.13 Å². The topological polar surface area (TPSA) is 48.9 Å². The van der Waals surface area contributed by atoms with Crippen LogP contribution in [0.2, 0.25) is 0 Å². The SMILES string of the molecule is Cn1cc[n+](C)c1.O=C([O-])C(Cl)Cl. The van der Waals surface area contributed by atoms with E-state index in [1.54, 1.807) is 0 Å². The van der Waals surface area contributed by atoms with Crippen molar-refractivity contribution in [2.45, 2.75) is 4.84 Å². The molecule has 0 amide bonds. The number of imidazole rings is 1. The van der Waals surface area contributed by atoms with Gasteiger partial charge in [-0.2, -0.15) is 0 Å². The second-order valence-corrected chi connectivity index (χ2v) is 3.46. The van der Waals surface area contributed by atoms with Gasteiger partial charge >= 0.3 is 0 Å². The van der Waals surface area contributed by atoms with Gasteiger partial charge in [0.15, 0.2) is 0 Å². The molecule has 1 aromatic rings. The first-order valence-electron chi connectivity index (χ1n) is 3.39. The van der Waals surface area contributed by atoms with E-state index in [4.69, 9.17) is 23.2 Å². The Balaban J connectivity index is 0.000000226. The number of aryl methyl sites for hydroxylation is 2. The van der Waals surface area contributed by atoms with Crippen LogP contribution in [0, 0.1) is 0 Å². The fourth-order valence-electron chi connectivity index (χ4n) is 0.575. The van der Waals surface area contributed by atoms with Gasteiger partial charge in [0, 0.05) is 0 Å². The van der Waals surface area contributed by atoms with E-state index in [9.17, 15) is 9.90 Å². The second-order valence-electron chi connectivity index (χ2n) is 2.36.